The Balaban J connectivity index is 1.92. The summed E-state index contributed by atoms with van der Waals surface area (Å²) in [5, 5.41) is 12.1. The van der Waals surface area contributed by atoms with Crippen molar-refractivity contribution < 1.29 is 0 Å². The Kier molecular flexibility index (Phi) is 2.47. The molecule has 1 aliphatic rings. The fourth-order valence-corrected chi connectivity index (χ4v) is 1.50. The summed E-state index contributed by atoms with van der Waals surface area (Å²) in [5.74, 6) is 0.812. The first-order valence-corrected chi connectivity index (χ1v) is 4.88. The van der Waals surface area contributed by atoms with E-state index in [1.54, 1.807) is 6.20 Å². The minimum Gasteiger partial charge on any atom is -0.310 e. The quantitative estimate of drug-likeness (QED) is 0.779. The number of aromatic nitrogens is 1. The van der Waals surface area contributed by atoms with Crippen LogP contribution in [0.1, 0.15) is 24.6 Å². The highest BCUT2D eigenvalue weighted by atomic mass is 15.0. The third-order valence-corrected chi connectivity index (χ3v) is 2.62. The van der Waals surface area contributed by atoms with Crippen LogP contribution in [0.2, 0.25) is 0 Å². The highest BCUT2D eigenvalue weighted by Gasteiger charge is 2.31. The van der Waals surface area contributed by atoms with Crippen LogP contribution >= 0.6 is 0 Å². The molecule has 1 aromatic heterocycles. The van der Waals surface area contributed by atoms with E-state index in [0.29, 0.717) is 11.7 Å². The average Bonchev–Trinajstić information content (AvgIpc) is 2.92. The lowest BCUT2D eigenvalue weighted by molar-refractivity contribution is 0.652. The molecule has 2 atom stereocenters. The van der Waals surface area contributed by atoms with Gasteiger partial charge >= 0.3 is 0 Å². The van der Waals surface area contributed by atoms with Crippen molar-refractivity contribution in [2.45, 2.75) is 25.9 Å². The lowest BCUT2D eigenvalue weighted by Gasteiger charge is -2.02. The molecule has 0 aliphatic heterocycles. The van der Waals surface area contributed by atoms with Crippen LogP contribution in [-0.4, -0.2) is 11.0 Å². The molecule has 1 N–H and O–H groups in total. The molecule has 3 nitrogen and oxygen atoms in total. The van der Waals surface area contributed by atoms with Gasteiger partial charge in [-0.05, 0) is 30.0 Å². The van der Waals surface area contributed by atoms with E-state index in [2.05, 4.69) is 17.2 Å². The number of hydrogen-bond acceptors (Lipinski definition) is 3. The van der Waals surface area contributed by atoms with E-state index in [-0.39, 0.29) is 0 Å². The van der Waals surface area contributed by atoms with Gasteiger partial charge in [0.15, 0.2) is 0 Å². The number of nitriles is 1. The van der Waals surface area contributed by atoms with Crippen LogP contribution in [0.15, 0.2) is 18.3 Å². The fraction of sp³-hybridized carbons (Fsp3) is 0.455. The van der Waals surface area contributed by atoms with Crippen LogP contribution < -0.4 is 5.32 Å². The predicted octanol–water partition coefficient (Wildman–Crippen LogP) is 1.45. The van der Waals surface area contributed by atoms with E-state index in [1.165, 1.54) is 6.42 Å². The van der Waals surface area contributed by atoms with Crippen LogP contribution in [0.3, 0.4) is 0 Å². The smallest absolute Gasteiger partial charge is 0.140 e. The molecule has 3 heteroatoms. The Labute approximate surface area is 83.8 Å². The second kappa shape index (κ2) is 3.77. The van der Waals surface area contributed by atoms with Gasteiger partial charge < -0.3 is 5.32 Å². The van der Waals surface area contributed by atoms with Crippen LogP contribution in [0, 0.1) is 17.2 Å². The number of pyridine rings is 1. The highest BCUT2D eigenvalue weighted by Crippen LogP contribution is 2.29. The summed E-state index contributed by atoms with van der Waals surface area (Å²) < 4.78 is 0. The summed E-state index contributed by atoms with van der Waals surface area (Å²) in [5.41, 5.74) is 1.63. The van der Waals surface area contributed by atoms with Gasteiger partial charge in [0.05, 0.1) is 0 Å². The minimum atomic E-state index is 0.494. The normalized spacial score (nSPS) is 24.3. The maximum Gasteiger partial charge on any atom is 0.140 e. The van der Waals surface area contributed by atoms with Gasteiger partial charge in [0.1, 0.15) is 11.8 Å². The molecule has 0 spiro atoms. The zero-order chi connectivity index (χ0) is 9.97. The molecule has 1 saturated carbocycles. The van der Waals surface area contributed by atoms with Crippen LogP contribution in [0.25, 0.3) is 0 Å². The van der Waals surface area contributed by atoms with Crippen molar-refractivity contribution in [3.05, 3.63) is 29.6 Å². The Morgan fingerprint density at radius 1 is 1.71 bits per heavy atom. The molecule has 2 rings (SSSR count). The summed E-state index contributed by atoms with van der Waals surface area (Å²) in [7, 11) is 0. The molecular formula is C11H13N3. The van der Waals surface area contributed by atoms with Crippen LogP contribution in [0.4, 0.5) is 0 Å². The van der Waals surface area contributed by atoms with Gasteiger partial charge in [-0.2, -0.15) is 5.26 Å². The van der Waals surface area contributed by atoms with Gasteiger partial charge in [-0.25, -0.2) is 4.98 Å². The standard InChI is InChI=1S/C11H13N3/c1-8-4-11(8)14-7-9-2-3-13-10(5-9)6-12/h2-3,5,8,11,14H,4,7H2,1H3. The third-order valence-electron chi connectivity index (χ3n) is 2.62. The van der Waals surface area contributed by atoms with E-state index in [1.807, 2.05) is 18.2 Å². The summed E-state index contributed by atoms with van der Waals surface area (Å²) in [6.07, 6.45) is 2.96. The van der Waals surface area contributed by atoms with Crippen molar-refractivity contribution in [1.82, 2.24) is 10.3 Å². The lowest BCUT2D eigenvalue weighted by atomic mass is 10.2. The van der Waals surface area contributed by atoms with E-state index in [4.69, 9.17) is 5.26 Å². The average molecular weight is 187 g/mol. The van der Waals surface area contributed by atoms with E-state index >= 15 is 0 Å². The van der Waals surface area contributed by atoms with E-state index in [9.17, 15) is 0 Å². The van der Waals surface area contributed by atoms with E-state index in [0.717, 1.165) is 18.0 Å². The Morgan fingerprint density at radius 2 is 2.50 bits per heavy atom. The second-order valence-electron chi connectivity index (χ2n) is 3.86. The lowest BCUT2D eigenvalue weighted by Crippen LogP contribution is -2.17. The van der Waals surface area contributed by atoms with Crippen LogP contribution in [-0.2, 0) is 6.54 Å². The first-order valence-electron chi connectivity index (χ1n) is 4.88. The molecule has 0 aromatic carbocycles. The SMILES string of the molecule is CC1CC1NCc1ccnc(C#N)c1. The molecule has 0 amide bonds. The largest absolute Gasteiger partial charge is 0.310 e. The molecule has 14 heavy (non-hydrogen) atoms. The highest BCUT2D eigenvalue weighted by molar-refractivity contribution is 5.25. The van der Waals surface area contributed by atoms with Gasteiger partial charge in [0.2, 0.25) is 0 Å². The topological polar surface area (TPSA) is 48.7 Å². The van der Waals surface area contributed by atoms with Gasteiger partial charge in [0, 0.05) is 18.8 Å². The zero-order valence-corrected chi connectivity index (χ0v) is 8.20. The van der Waals surface area contributed by atoms with Gasteiger partial charge in [-0.3, -0.25) is 0 Å². The second-order valence-corrected chi connectivity index (χ2v) is 3.86. The minimum absolute atomic E-state index is 0.494. The number of nitrogens with one attached hydrogen (secondary N) is 1. The molecule has 1 fully saturated rings. The van der Waals surface area contributed by atoms with Gasteiger partial charge in [0.25, 0.3) is 0 Å². The molecule has 1 heterocycles. The number of nitrogens with zero attached hydrogens (tertiary/aromatic N) is 2. The summed E-state index contributed by atoms with van der Waals surface area (Å²) >= 11 is 0. The van der Waals surface area contributed by atoms with Crippen LogP contribution in [0.5, 0.6) is 0 Å². The monoisotopic (exact) mass is 187 g/mol. The van der Waals surface area contributed by atoms with Crippen molar-refractivity contribution >= 4 is 0 Å². The third kappa shape index (κ3) is 2.09. The molecule has 0 radical (unpaired) electrons. The molecule has 72 valence electrons. The Bertz CT molecular complexity index is 367. The van der Waals surface area contributed by atoms with Crippen molar-refractivity contribution in [3.63, 3.8) is 0 Å². The first-order chi connectivity index (χ1) is 6.79. The fourth-order valence-electron chi connectivity index (χ4n) is 1.50. The number of hydrogen-bond donors (Lipinski definition) is 1. The van der Waals surface area contributed by atoms with Crippen molar-refractivity contribution in [3.8, 4) is 6.07 Å². The van der Waals surface area contributed by atoms with E-state index < -0.39 is 0 Å². The van der Waals surface area contributed by atoms with Crippen molar-refractivity contribution in [1.29, 1.82) is 5.26 Å². The first kappa shape index (κ1) is 9.17. The van der Waals surface area contributed by atoms with Crippen molar-refractivity contribution in [2.75, 3.05) is 0 Å². The molecule has 1 aromatic rings. The van der Waals surface area contributed by atoms with Crippen molar-refractivity contribution in [2.24, 2.45) is 5.92 Å². The predicted molar refractivity (Wildman–Crippen MR) is 53.4 cm³/mol. The summed E-state index contributed by atoms with van der Waals surface area (Å²) in [6.45, 7) is 3.08. The Hall–Kier alpha value is -1.40. The summed E-state index contributed by atoms with van der Waals surface area (Å²) in [6, 6.07) is 6.49. The molecule has 1 aliphatic carbocycles. The van der Waals surface area contributed by atoms with Gasteiger partial charge in [-0.1, -0.05) is 6.92 Å². The molecule has 2 unspecified atom stereocenters. The zero-order valence-electron chi connectivity index (χ0n) is 8.20. The number of rotatable bonds is 3. The summed E-state index contributed by atoms with van der Waals surface area (Å²) in [4.78, 5) is 3.93. The van der Waals surface area contributed by atoms with Gasteiger partial charge in [-0.15, -0.1) is 0 Å². The molecular weight excluding hydrogens is 174 g/mol. The maximum absolute atomic E-state index is 8.66. The Morgan fingerprint density at radius 3 is 3.14 bits per heavy atom. The molecule has 0 saturated heterocycles. The molecule has 0 bridgehead atoms. The maximum atomic E-state index is 8.66.